The van der Waals surface area contributed by atoms with Gasteiger partial charge in [-0.05, 0) is 69.6 Å². The van der Waals surface area contributed by atoms with Crippen molar-refractivity contribution in [3.63, 3.8) is 0 Å². The summed E-state index contributed by atoms with van der Waals surface area (Å²) in [6.07, 6.45) is 8.89. The zero-order valence-electron chi connectivity index (χ0n) is 16.8. The SMILES string of the molecule is CCCC(=O)O.N#C[C@@H]1CCCN1C(=O)CNC12CC3CC(CC(O)(C3)C1)C2. The van der Waals surface area contributed by atoms with Crippen molar-refractivity contribution >= 4 is 11.9 Å². The molecule has 0 spiro atoms. The first-order chi connectivity index (χ1) is 13.3. The molecule has 0 aromatic heterocycles. The Morgan fingerprint density at radius 1 is 1.25 bits per heavy atom. The molecule has 2 unspecified atom stereocenters. The van der Waals surface area contributed by atoms with Gasteiger partial charge in [-0.2, -0.15) is 5.26 Å². The largest absolute Gasteiger partial charge is 0.481 e. The van der Waals surface area contributed by atoms with E-state index in [9.17, 15) is 14.7 Å². The number of carbonyl (C=O) groups excluding carboxylic acids is 1. The first-order valence-electron chi connectivity index (χ1n) is 10.7. The van der Waals surface area contributed by atoms with Crippen LogP contribution in [0.4, 0.5) is 0 Å². The van der Waals surface area contributed by atoms with Gasteiger partial charge in [-0.15, -0.1) is 0 Å². The Hall–Kier alpha value is -1.65. The number of likely N-dealkylation sites (tertiary alicyclic amines) is 1. The topological polar surface area (TPSA) is 114 Å². The molecule has 4 bridgehead atoms. The number of nitriles is 1. The molecule has 0 aromatic carbocycles. The molecule has 3 N–H and O–H groups in total. The third-order valence-corrected chi connectivity index (χ3v) is 6.83. The van der Waals surface area contributed by atoms with E-state index in [1.165, 1.54) is 6.42 Å². The van der Waals surface area contributed by atoms with Gasteiger partial charge in [-0.1, -0.05) is 6.92 Å². The van der Waals surface area contributed by atoms with Crippen LogP contribution in [0.5, 0.6) is 0 Å². The predicted octanol–water partition coefficient (Wildman–Crippen LogP) is 2.05. The highest BCUT2D eigenvalue weighted by Crippen LogP contribution is 2.57. The fraction of sp³-hybridized carbons (Fsp3) is 0.857. The summed E-state index contributed by atoms with van der Waals surface area (Å²) in [6, 6.07) is 1.99. The van der Waals surface area contributed by atoms with Crippen LogP contribution in [-0.4, -0.2) is 57.3 Å². The van der Waals surface area contributed by atoms with Crippen molar-refractivity contribution in [2.45, 2.75) is 88.3 Å². The fourth-order valence-corrected chi connectivity index (χ4v) is 6.20. The molecule has 1 saturated heterocycles. The lowest BCUT2D eigenvalue weighted by Crippen LogP contribution is -2.65. The lowest BCUT2D eigenvalue weighted by Gasteiger charge is -2.60. The van der Waals surface area contributed by atoms with Gasteiger partial charge in [0.2, 0.25) is 5.91 Å². The molecule has 1 aliphatic heterocycles. The van der Waals surface area contributed by atoms with Crippen LogP contribution in [0.3, 0.4) is 0 Å². The highest BCUT2D eigenvalue weighted by atomic mass is 16.4. The second-order valence-electron chi connectivity index (χ2n) is 9.34. The van der Waals surface area contributed by atoms with Crippen molar-refractivity contribution in [1.82, 2.24) is 10.2 Å². The van der Waals surface area contributed by atoms with E-state index in [1.807, 2.05) is 6.92 Å². The molecule has 3 atom stereocenters. The molecule has 28 heavy (non-hydrogen) atoms. The Morgan fingerprint density at radius 3 is 2.43 bits per heavy atom. The van der Waals surface area contributed by atoms with Crippen molar-refractivity contribution < 1.29 is 19.8 Å². The number of nitrogens with one attached hydrogen (secondary N) is 1. The minimum Gasteiger partial charge on any atom is -0.481 e. The number of nitrogens with zero attached hydrogens (tertiary/aromatic N) is 2. The molecule has 7 heteroatoms. The van der Waals surface area contributed by atoms with Crippen LogP contribution >= 0.6 is 0 Å². The van der Waals surface area contributed by atoms with E-state index >= 15 is 0 Å². The molecule has 0 aromatic rings. The van der Waals surface area contributed by atoms with Crippen LogP contribution < -0.4 is 5.32 Å². The number of carboxylic acids is 1. The molecule has 5 fully saturated rings. The maximum Gasteiger partial charge on any atom is 0.303 e. The highest BCUT2D eigenvalue weighted by molar-refractivity contribution is 5.79. The quantitative estimate of drug-likeness (QED) is 0.661. The summed E-state index contributed by atoms with van der Waals surface area (Å²) in [5, 5.41) is 31.3. The lowest BCUT2D eigenvalue weighted by molar-refractivity contribution is -0.147. The summed E-state index contributed by atoms with van der Waals surface area (Å²) in [5.74, 6) is 0.573. The molecule has 5 rings (SSSR count). The number of carbonyl (C=O) groups is 2. The van der Waals surface area contributed by atoms with Gasteiger partial charge in [0.1, 0.15) is 6.04 Å². The maximum atomic E-state index is 12.4. The van der Waals surface area contributed by atoms with E-state index in [1.54, 1.807) is 4.90 Å². The van der Waals surface area contributed by atoms with Gasteiger partial charge in [-0.25, -0.2) is 0 Å². The van der Waals surface area contributed by atoms with Gasteiger partial charge >= 0.3 is 5.97 Å². The zero-order chi connectivity index (χ0) is 20.4. The average Bonchev–Trinajstić information content (AvgIpc) is 3.07. The van der Waals surface area contributed by atoms with Crippen LogP contribution in [0.2, 0.25) is 0 Å². The van der Waals surface area contributed by atoms with Crippen LogP contribution in [0.15, 0.2) is 0 Å². The molecule has 156 valence electrons. The lowest BCUT2D eigenvalue weighted by atomic mass is 9.51. The monoisotopic (exact) mass is 391 g/mol. The molecule has 1 heterocycles. The van der Waals surface area contributed by atoms with Gasteiger partial charge in [0, 0.05) is 18.5 Å². The first-order valence-corrected chi connectivity index (χ1v) is 10.7. The molecule has 4 saturated carbocycles. The highest BCUT2D eigenvalue weighted by Gasteiger charge is 2.57. The summed E-state index contributed by atoms with van der Waals surface area (Å²) < 4.78 is 0. The van der Waals surface area contributed by atoms with Crippen LogP contribution in [0.1, 0.15) is 71.1 Å². The molecular weight excluding hydrogens is 358 g/mol. The summed E-state index contributed by atoms with van der Waals surface area (Å²) in [7, 11) is 0. The number of hydrogen-bond acceptors (Lipinski definition) is 5. The maximum absolute atomic E-state index is 12.4. The van der Waals surface area contributed by atoms with Gasteiger partial charge in [0.15, 0.2) is 0 Å². The predicted molar refractivity (Wildman–Crippen MR) is 103 cm³/mol. The zero-order valence-corrected chi connectivity index (χ0v) is 16.8. The normalized spacial score (nSPS) is 37.9. The minimum absolute atomic E-state index is 0.0453. The van der Waals surface area contributed by atoms with Crippen molar-refractivity contribution in [1.29, 1.82) is 5.26 Å². The molecule has 5 aliphatic rings. The number of aliphatic carboxylic acids is 1. The Kier molecular flexibility index (Phi) is 6.31. The van der Waals surface area contributed by atoms with Crippen molar-refractivity contribution in [2.24, 2.45) is 11.8 Å². The summed E-state index contributed by atoms with van der Waals surface area (Å²) in [5.41, 5.74) is -0.542. The molecule has 7 nitrogen and oxygen atoms in total. The van der Waals surface area contributed by atoms with Gasteiger partial charge in [0.05, 0.1) is 18.2 Å². The average molecular weight is 392 g/mol. The van der Waals surface area contributed by atoms with Crippen LogP contribution in [0, 0.1) is 23.2 Å². The molecule has 0 radical (unpaired) electrons. The van der Waals surface area contributed by atoms with E-state index in [-0.39, 0.29) is 17.5 Å². The molecule has 4 aliphatic carbocycles. The van der Waals surface area contributed by atoms with E-state index in [4.69, 9.17) is 10.4 Å². The Balaban J connectivity index is 0.000000330. The minimum atomic E-state index is -0.711. The standard InChI is InChI=1S/C17H25N3O2.C4H8O2/c18-9-14-2-1-3-20(14)15(21)10-19-16-5-12-4-13(6-16)8-17(22,7-12)11-16;1-2-3-4(5)6/h12-14,19,22H,1-8,10-11H2;2-3H2,1H3,(H,5,6)/t12?,13?,14-,16?,17?;/m0./s1. The smallest absolute Gasteiger partial charge is 0.303 e. The van der Waals surface area contributed by atoms with Crippen LogP contribution in [-0.2, 0) is 9.59 Å². The molecule has 1 amide bonds. The summed E-state index contributed by atoms with van der Waals surface area (Å²) >= 11 is 0. The van der Waals surface area contributed by atoms with Gasteiger partial charge in [0.25, 0.3) is 0 Å². The summed E-state index contributed by atoms with van der Waals surface area (Å²) in [6.45, 7) is 2.86. The third kappa shape index (κ3) is 4.66. The number of amides is 1. The van der Waals surface area contributed by atoms with Crippen LogP contribution in [0.25, 0.3) is 0 Å². The van der Waals surface area contributed by atoms with Crippen molar-refractivity contribution in [2.75, 3.05) is 13.1 Å². The van der Waals surface area contributed by atoms with Crippen molar-refractivity contribution in [3.05, 3.63) is 0 Å². The van der Waals surface area contributed by atoms with E-state index in [2.05, 4.69) is 11.4 Å². The Morgan fingerprint density at radius 2 is 1.93 bits per heavy atom. The number of rotatable bonds is 5. The van der Waals surface area contributed by atoms with Gasteiger partial charge in [-0.3, -0.25) is 9.59 Å². The second-order valence-corrected chi connectivity index (χ2v) is 9.34. The number of aliphatic hydroxyl groups is 1. The molecular formula is C21H33N3O4. The Bertz CT molecular complexity index is 630. The van der Waals surface area contributed by atoms with E-state index in [0.29, 0.717) is 31.3 Å². The summed E-state index contributed by atoms with van der Waals surface area (Å²) in [4.78, 5) is 23.8. The number of hydrogen-bond donors (Lipinski definition) is 3. The third-order valence-electron chi connectivity index (χ3n) is 6.83. The fourth-order valence-electron chi connectivity index (χ4n) is 6.20. The van der Waals surface area contributed by atoms with Crippen molar-refractivity contribution in [3.8, 4) is 6.07 Å². The first kappa shape index (κ1) is 21.1. The number of carboxylic acid groups (broad SMARTS) is 1. The second kappa shape index (κ2) is 8.38. The van der Waals surface area contributed by atoms with E-state index in [0.717, 1.165) is 51.4 Å². The van der Waals surface area contributed by atoms with Gasteiger partial charge < -0.3 is 20.4 Å². The van der Waals surface area contributed by atoms with E-state index < -0.39 is 11.6 Å². The Labute approximate surface area is 167 Å².